The average Bonchev–Trinajstić information content (AvgIpc) is 3.32. The Balaban J connectivity index is 1.25. The fourth-order valence-corrected chi connectivity index (χ4v) is 6.28. The molecule has 4 rings (SSSR count). The fraction of sp³-hybridized carbons (Fsp3) is 0.862. The van der Waals surface area contributed by atoms with Gasteiger partial charge in [0.1, 0.15) is 12.2 Å². The molecule has 4 fully saturated rings. The summed E-state index contributed by atoms with van der Waals surface area (Å²) in [7, 11) is 0. The highest BCUT2D eigenvalue weighted by Crippen LogP contribution is 2.44. The van der Waals surface area contributed by atoms with Gasteiger partial charge in [0, 0.05) is 25.7 Å². The van der Waals surface area contributed by atoms with E-state index in [1.54, 1.807) is 20.8 Å². The van der Waals surface area contributed by atoms with Gasteiger partial charge in [0.05, 0.1) is 49.3 Å². The summed E-state index contributed by atoms with van der Waals surface area (Å²) in [6.45, 7) is 13.7. The van der Waals surface area contributed by atoms with E-state index >= 15 is 0 Å². The lowest BCUT2D eigenvalue weighted by atomic mass is 9.93. The number of aliphatic hydroxyl groups excluding tert-OH is 2. The van der Waals surface area contributed by atoms with Crippen LogP contribution in [0.4, 0.5) is 0 Å². The van der Waals surface area contributed by atoms with E-state index in [9.17, 15) is 20.6 Å². The third-order valence-corrected chi connectivity index (χ3v) is 8.46. The van der Waals surface area contributed by atoms with Crippen molar-refractivity contribution < 1.29 is 49.1 Å². The van der Waals surface area contributed by atoms with Crippen LogP contribution in [0.15, 0.2) is 24.3 Å². The Kier molecular flexibility index (Phi) is 10.3. The smallest absolute Gasteiger partial charge is 0.172 e. The molecular weight excluding hydrogens is 508 g/mol. The van der Waals surface area contributed by atoms with Crippen molar-refractivity contribution >= 4 is 0 Å². The maximum atomic E-state index is 10.6. The van der Waals surface area contributed by atoms with Crippen LogP contribution in [0, 0.1) is 0 Å². The zero-order valence-electron chi connectivity index (χ0n) is 23.6. The molecule has 224 valence electrons. The van der Waals surface area contributed by atoms with Crippen molar-refractivity contribution in [1.82, 2.24) is 0 Å². The number of ether oxygens (including phenoxy) is 5. The first-order valence-electron chi connectivity index (χ1n) is 14.4. The lowest BCUT2D eigenvalue weighted by Crippen LogP contribution is -2.43. The molecule has 0 radical (unpaired) electrons. The molecule has 0 saturated carbocycles. The molecule has 0 aromatic heterocycles. The second kappa shape index (κ2) is 12.9. The van der Waals surface area contributed by atoms with E-state index in [-0.39, 0.29) is 37.3 Å². The van der Waals surface area contributed by atoms with Gasteiger partial charge in [0.15, 0.2) is 11.6 Å². The highest BCUT2D eigenvalue weighted by atomic mass is 17.1. The zero-order valence-corrected chi connectivity index (χ0v) is 23.6. The SMILES string of the molecule is C=C1CC(CCC23CC(O)C(O2)C(OO)CC(C(C)O)O3)OC1CC[C@H]1CCC(=C)C(CCOC(C)(C)O)O1. The fourth-order valence-electron chi connectivity index (χ4n) is 6.28. The minimum atomic E-state index is -1.16. The van der Waals surface area contributed by atoms with Gasteiger partial charge >= 0.3 is 0 Å². The molecule has 10 atom stereocenters. The van der Waals surface area contributed by atoms with Crippen LogP contribution in [-0.4, -0.2) is 93.7 Å². The van der Waals surface area contributed by atoms with Gasteiger partial charge in [-0.15, -0.1) is 0 Å². The standard InChI is InChI=1S/C29H48O10/c1-17-6-7-20(35-24(17)11-13-34-28(4,5)32)8-9-23-18(2)14-21(36-23)10-12-29-16-22(31)27(38-29)26(39-33)15-25(37-29)19(3)30/h19-27,30-33H,1-2,6-16H2,3-5H3/t19?,20-,21?,22?,23?,24?,25?,26?,27?,29?/m1/s1. The van der Waals surface area contributed by atoms with Crippen molar-refractivity contribution in [3.05, 3.63) is 24.3 Å². The van der Waals surface area contributed by atoms with E-state index in [1.165, 1.54) is 0 Å². The molecule has 10 nitrogen and oxygen atoms in total. The lowest BCUT2D eigenvalue weighted by molar-refractivity contribution is -0.306. The van der Waals surface area contributed by atoms with Gasteiger partial charge in [0.2, 0.25) is 0 Å². The number of rotatable bonds is 12. The number of hydrogen-bond acceptors (Lipinski definition) is 10. The maximum absolute atomic E-state index is 10.6. The van der Waals surface area contributed by atoms with Crippen molar-refractivity contribution in [1.29, 1.82) is 0 Å². The number of hydrogen-bond donors (Lipinski definition) is 4. The summed E-state index contributed by atoms with van der Waals surface area (Å²) in [6, 6.07) is 0. The van der Waals surface area contributed by atoms with Crippen molar-refractivity contribution in [3.8, 4) is 0 Å². The predicted octanol–water partition coefficient (Wildman–Crippen LogP) is 3.37. The summed E-state index contributed by atoms with van der Waals surface area (Å²) in [4.78, 5) is 4.58. The second-order valence-electron chi connectivity index (χ2n) is 12.3. The Morgan fingerprint density at radius 1 is 1.05 bits per heavy atom. The topological polar surface area (TPSA) is 136 Å². The monoisotopic (exact) mass is 556 g/mol. The number of fused-ring (bicyclic) bond motifs is 2. The van der Waals surface area contributed by atoms with Crippen LogP contribution in [0.1, 0.15) is 85.0 Å². The highest BCUT2D eigenvalue weighted by molar-refractivity contribution is 5.10. The quantitative estimate of drug-likeness (QED) is 0.123. The van der Waals surface area contributed by atoms with Gasteiger partial charge in [0.25, 0.3) is 0 Å². The summed E-state index contributed by atoms with van der Waals surface area (Å²) in [5.74, 6) is -2.22. The molecular formula is C29H48O10. The normalized spacial score (nSPS) is 40.2. The Bertz CT molecular complexity index is 840. The van der Waals surface area contributed by atoms with Crippen LogP contribution in [0.3, 0.4) is 0 Å². The van der Waals surface area contributed by atoms with Crippen molar-refractivity contribution in [2.24, 2.45) is 0 Å². The molecule has 39 heavy (non-hydrogen) atoms. The Labute approximate surface area is 231 Å². The molecule has 9 unspecified atom stereocenters. The Morgan fingerprint density at radius 2 is 1.77 bits per heavy atom. The van der Waals surface area contributed by atoms with E-state index in [0.717, 1.165) is 43.3 Å². The first-order chi connectivity index (χ1) is 18.4. The van der Waals surface area contributed by atoms with Crippen molar-refractivity contribution in [2.45, 2.75) is 151 Å². The van der Waals surface area contributed by atoms with Gasteiger partial charge in [-0.3, -0.25) is 5.26 Å². The lowest BCUT2D eigenvalue weighted by Gasteiger charge is -2.34. The molecule has 10 heteroatoms. The second-order valence-corrected chi connectivity index (χ2v) is 12.3. The largest absolute Gasteiger partial charge is 0.391 e. The first kappa shape index (κ1) is 31.0. The van der Waals surface area contributed by atoms with Crippen LogP contribution in [-0.2, 0) is 28.6 Å². The number of aliphatic hydroxyl groups is 3. The molecule has 0 aromatic rings. The van der Waals surface area contributed by atoms with Gasteiger partial charge in [-0.1, -0.05) is 13.2 Å². The summed E-state index contributed by atoms with van der Waals surface area (Å²) in [5.41, 5.74) is 2.14. The summed E-state index contributed by atoms with van der Waals surface area (Å²) < 4.78 is 30.5. The summed E-state index contributed by atoms with van der Waals surface area (Å²) in [5, 5.41) is 39.9. The van der Waals surface area contributed by atoms with Crippen LogP contribution < -0.4 is 0 Å². The molecule has 4 N–H and O–H groups in total. The Morgan fingerprint density at radius 3 is 2.46 bits per heavy atom. The maximum Gasteiger partial charge on any atom is 0.172 e. The van der Waals surface area contributed by atoms with Crippen LogP contribution >= 0.6 is 0 Å². The Hall–Kier alpha value is -0.920. The highest BCUT2D eigenvalue weighted by Gasteiger charge is 2.55. The van der Waals surface area contributed by atoms with Gasteiger partial charge in [-0.25, -0.2) is 4.89 Å². The molecule has 4 heterocycles. The van der Waals surface area contributed by atoms with Crippen LogP contribution in [0.2, 0.25) is 0 Å². The van der Waals surface area contributed by atoms with Crippen LogP contribution in [0.25, 0.3) is 0 Å². The summed E-state index contributed by atoms with van der Waals surface area (Å²) >= 11 is 0. The van der Waals surface area contributed by atoms with E-state index in [4.69, 9.17) is 23.7 Å². The summed E-state index contributed by atoms with van der Waals surface area (Å²) in [6.07, 6.45) is 2.78. The molecule has 4 aliphatic rings. The third-order valence-electron chi connectivity index (χ3n) is 8.46. The molecule has 0 spiro atoms. The van der Waals surface area contributed by atoms with E-state index in [0.29, 0.717) is 25.9 Å². The zero-order chi connectivity index (χ0) is 28.4. The third kappa shape index (κ3) is 8.09. The van der Waals surface area contributed by atoms with Crippen molar-refractivity contribution in [3.63, 3.8) is 0 Å². The minimum Gasteiger partial charge on any atom is -0.391 e. The molecule has 4 saturated heterocycles. The van der Waals surface area contributed by atoms with Crippen LogP contribution in [0.5, 0.6) is 0 Å². The first-order valence-corrected chi connectivity index (χ1v) is 14.4. The van der Waals surface area contributed by atoms with Gasteiger partial charge < -0.3 is 39.0 Å². The molecule has 0 aliphatic carbocycles. The van der Waals surface area contributed by atoms with Crippen molar-refractivity contribution in [2.75, 3.05) is 6.61 Å². The molecule has 4 aliphatic heterocycles. The minimum absolute atomic E-state index is 0.0443. The predicted molar refractivity (Wildman–Crippen MR) is 142 cm³/mol. The van der Waals surface area contributed by atoms with Gasteiger partial charge in [-0.2, -0.15) is 0 Å². The molecule has 2 bridgehead atoms. The molecule has 0 aromatic carbocycles. The van der Waals surface area contributed by atoms with Gasteiger partial charge in [-0.05, 0) is 70.4 Å². The van der Waals surface area contributed by atoms with E-state index in [1.807, 2.05) is 0 Å². The average molecular weight is 557 g/mol. The van der Waals surface area contributed by atoms with E-state index < -0.39 is 42.1 Å². The molecule has 0 amide bonds. The van der Waals surface area contributed by atoms with E-state index in [2.05, 4.69) is 18.0 Å².